The average Bonchev–Trinajstić information content (AvgIpc) is 3.15. The van der Waals surface area contributed by atoms with Gasteiger partial charge in [0.1, 0.15) is 5.75 Å². The Bertz CT molecular complexity index is 1100. The smallest absolute Gasteiger partial charge is 0.231 e. The fourth-order valence-corrected chi connectivity index (χ4v) is 7.08. The number of amides is 1. The van der Waals surface area contributed by atoms with E-state index in [1.807, 2.05) is 47.4 Å². The van der Waals surface area contributed by atoms with Gasteiger partial charge < -0.3 is 9.64 Å². The van der Waals surface area contributed by atoms with Crippen molar-refractivity contribution in [2.24, 2.45) is 0 Å². The minimum Gasteiger partial charge on any atom is -0.496 e. The molecule has 0 bridgehead atoms. The third-order valence-electron chi connectivity index (χ3n) is 5.89. The van der Waals surface area contributed by atoms with Crippen LogP contribution in [0.3, 0.4) is 0 Å². The molecule has 1 amide bonds. The van der Waals surface area contributed by atoms with Crippen molar-refractivity contribution in [3.8, 4) is 16.9 Å². The molecule has 4 rings (SSSR count). The van der Waals surface area contributed by atoms with Crippen molar-refractivity contribution < 1.29 is 9.53 Å². The third-order valence-corrected chi connectivity index (χ3v) is 9.09. The summed E-state index contributed by atoms with van der Waals surface area (Å²) in [7, 11) is 1.15. The number of carbonyl (C=O) groups is 1. The van der Waals surface area contributed by atoms with E-state index in [0.29, 0.717) is 6.42 Å². The monoisotopic (exact) mass is 431 g/mol. The Kier molecular flexibility index (Phi) is 5.90. The maximum Gasteiger partial charge on any atom is 0.231 e. The number of methoxy groups -OCH3 is 1. The van der Waals surface area contributed by atoms with Crippen LogP contribution in [0.15, 0.2) is 66.7 Å². The van der Waals surface area contributed by atoms with Gasteiger partial charge in [-0.05, 0) is 48.8 Å². The Labute approximate surface area is 186 Å². The van der Waals surface area contributed by atoms with Gasteiger partial charge in [0.05, 0.1) is 25.5 Å². The van der Waals surface area contributed by atoms with E-state index in [4.69, 9.17) is 4.74 Å². The lowest BCUT2D eigenvalue weighted by Gasteiger charge is -2.29. The number of hydrogen-bond donors (Lipinski definition) is 0. The standard InChI is InChI=1S/C27H30NO2P/c1-19-11-9-16-23(30-5)25(19)21-14-10-15-22-26(21)31(27(2,3)4)18-28(22)24(29)17-20-12-7-6-8-13-20/h6-16H,17-18H2,1-5H3. The summed E-state index contributed by atoms with van der Waals surface area (Å²) in [6, 6.07) is 22.6. The average molecular weight is 432 g/mol. The summed E-state index contributed by atoms with van der Waals surface area (Å²) >= 11 is 0. The number of ether oxygens (including phenoxy) is 1. The van der Waals surface area contributed by atoms with E-state index < -0.39 is 7.92 Å². The first-order chi connectivity index (χ1) is 14.8. The third kappa shape index (κ3) is 4.12. The van der Waals surface area contributed by atoms with Crippen molar-refractivity contribution >= 4 is 24.8 Å². The van der Waals surface area contributed by atoms with Crippen LogP contribution < -0.4 is 14.9 Å². The lowest BCUT2D eigenvalue weighted by molar-refractivity contribution is -0.117. The van der Waals surface area contributed by atoms with Crippen LogP contribution in [0.1, 0.15) is 31.9 Å². The molecule has 3 nitrogen and oxygen atoms in total. The molecule has 0 radical (unpaired) electrons. The van der Waals surface area contributed by atoms with E-state index in [2.05, 4.69) is 52.0 Å². The zero-order valence-electron chi connectivity index (χ0n) is 19.0. The van der Waals surface area contributed by atoms with Gasteiger partial charge >= 0.3 is 0 Å². The summed E-state index contributed by atoms with van der Waals surface area (Å²) in [4.78, 5) is 15.4. The van der Waals surface area contributed by atoms with Gasteiger partial charge in [0, 0.05) is 10.9 Å². The number of aryl methyl sites for hydroxylation is 1. The second-order valence-electron chi connectivity index (χ2n) is 9.05. The zero-order valence-corrected chi connectivity index (χ0v) is 19.9. The number of anilines is 1. The first-order valence-electron chi connectivity index (χ1n) is 10.7. The molecule has 160 valence electrons. The largest absolute Gasteiger partial charge is 0.496 e. The maximum absolute atomic E-state index is 13.4. The fourth-order valence-electron chi connectivity index (χ4n) is 4.31. The number of fused-ring (bicyclic) bond motifs is 1. The van der Waals surface area contributed by atoms with Crippen LogP contribution >= 0.6 is 7.92 Å². The molecular weight excluding hydrogens is 401 g/mol. The number of nitrogens with zero attached hydrogens (tertiary/aromatic N) is 1. The molecule has 0 N–H and O–H groups in total. The van der Waals surface area contributed by atoms with Crippen molar-refractivity contribution in [3.05, 3.63) is 77.9 Å². The molecule has 0 aliphatic carbocycles. The second kappa shape index (κ2) is 8.48. The molecule has 4 heteroatoms. The molecule has 31 heavy (non-hydrogen) atoms. The van der Waals surface area contributed by atoms with Crippen LogP contribution in [0.4, 0.5) is 5.69 Å². The van der Waals surface area contributed by atoms with Crippen LogP contribution in [-0.4, -0.2) is 24.5 Å². The van der Waals surface area contributed by atoms with Crippen LogP contribution in [0, 0.1) is 6.92 Å². The van der Waals surface area contributed by atoms with Crippen molar-refractivity contribution in [3.63, 3.8) is 0 Å². The molecule has 0 fully saturated rings. The number of rotatable bonds is 4. The van der Waals surface area contributed by atoms with E-state index >= 15 is 0 Å². The van der Waals surface area contributed by atoms with Crippen molar-refractivity contribution in [1.29, 1.82) is 0 Å². The topological polar surface area (TPSA) is 29.5 Å². The van der Waals surface area contributed by atoms with E-state index in [-0.39, 0.29) is 11.1 Å². The fraction of sp³-hybridized carbons (Fsp3) is 0.296. The summed E-state index contributed by atoms with van der Waals surface area (Å²) in [6.45, 7) is 9.00. The molecule has 0 saturated carbocycles. The van der Waals surface area contributed by atoms with Gasteiger partial charge in [-0.2, -0.15) is 0 Å². The number of carbonyl (C=O) groups excluding carboxylic acids is 1. The van der Waals surface area contributed by atoms with Gasteiger partial charge in [-0.3, -0.25) is 4.79 Å². The molecular formula is C27H30NO2P. The predicted octanol–water partition coefficient (Wildman–Crippen LogP) is 6.12. The lowest BCUT2D eigenvalue weighted by Crippen LogP contribution is -2.30. The Balaban J connectivity index is 1.84. The van der Waals surface area contributed by atoms with Gasteiger partial charge in [0.2, 0.25) is 5.91 Å². The van der Waals surface area contributed by atoms with Crippen LogP contribution in [0.5, 0.6) is 5.75 Å². The Hall–Kier alpha value is -2.64. The molecule has 3 aromatic rings. The van der Waals surface area contributed by atoms with Gasteiger partial charge in [0.25, 0.3) is 0 Å². The summed E-state index contributed by atoms with van der Waals surface area (Å²) < 4.78 is 5.74. The minimum atomic E-state index is -0.573. The van der Waals surface area contributed by atoms with E-state index in [0.717, 1.165) is 28.8 Å². The summed E-state index contributed by atoms with van der Waals surface area (Å²) in [6.07, 6.45) is 1.19. The van der Waals surface area contributed by atoms with Crippen LogP contribution in [-0.2, 0) is 11.2 Å². The highest BCUT2D eigenvalue weighted by Gasteiger charge is 2.40. The maximum atomic E-state index is 13.4. The van der Waals surface area contributed by atoms with E-state index in [1.165, 1.54) is 16.4 Å². The van der Waals surface area contributed by atoms with E-state index in [9.17, 15) is 4.79 Å². The van der Waals surface area contributed by atoms with Gasteiger partial charge in [-0.15, -0.1) is 0 Å². The molecule has 1 aliphatic rings. The molecule has 1 atom stereocenters. The summed E-state index contributed by atoms with van der Waals surface area (Å²) in [5.74, 6) is 1.04. The number of hydrogen-bond acceptors (Lipinski definition) is 2. The first kappa shape index (κ1) is 21.6. The van der Waals surface area contributed by atoms with Crippen molar-refractivity contribution in [1.82, 2.24) is 0 Å². The second-order valence-corrected chi connectivity index (χ2v) is 12.0. The normalized spacial score (nSPS) is 15.6. The SMILES string of the molecule is COc1cccc(C)c1-c1cccc2c1P(C(C)(C)C)CN2C(=O)Cc1ccccc1. The van der Waals surface area contributed by atoms with Crippen molar-refractivity contribution in [2.45, 2.75) is 39.3 Å². The summed E-state index contributed by atoms with van der Waals surface area (Å²) in [5.41, 5.74) is 5.63. The molecule has 1 unspecified atom stereocenters. The predicted molar refractivity (Wildman–Crippen MR) is 132 cm³/mol. The van der Waals surface area contributed by atoms with Crippen LogP contribution in [0.2, 0.25) is 0 Å². The zero-order chi connectivity index (χ0) is 22.2. The quantitative estimate of drug-likeness (QED) is 0.466. The van der Waals surface area contributed by atoms with Gasteiger partial charge in [-0.1, -0.05) is 75.4 Å². The summed E-state index contributed by atoms with van der Waals surface area (Å²) in [5, 5.41) is 1.40. The Morgan fingerprint density at radius 2 is 1.71 bits per heavy atom. The number of benzene rings is 3. The van der Waals surface area contributed by atoms with Crippen LogP contribution in [0.25, 0.3) is 11.1 Å². The molecule has 3 aromatic carbocycles. The highest BCUT2D eigenvalue weighted by atomic mass is 31.1. The highest BCUT2D eigenvalue weighted by molar-refractivity contribution is 7.68. The Morgan fingerprint density at radius 1 is 1.00 bits per heavy atom. The van der Waals surface area contributed by atoms with E-state index in [1.54, 1.807) is 7.11 Å². The Morgan fingerprint density at radius 3 is 2.39 bits per heavy atom. The molecule has 1 aliphatic heterocycles. The molecule has 1 heterocycles. The highest BCUT2D eigenvalue weighted by Crippen LogP contribution is 2.57. The van der Waals surface area contributed by atoms with Gasteiger partial charge in [-0.25, -0.2) is 0 Å². The molecule has 0 aromatic heterocycles. The van der Waals surface area contributed by atoms with Gasteiger partial charge in [0.15, 0.2) is 0 Å². The molecule has 0 spiro atoms. The molecule has 0 saturated heterocycles. The van der Waals surface area contributed by atoms with Crippen molar-refractivity contribution in [2.75, 3.05) is 18.3 Å². The first-order valence-corrected chi connectivity index (χ1v) is 12.2. The lowest BCUT2D eigenvalue weighted by atomic mass is 9.98. The minimum absolute atomic E-state index is 0.0812.